The van der Waals surface area contributed by atoms with Crippen molar-refractivity contribution in [1.29, 1.82) is 0 Å². The fraction of sp³-hybridized carbons (Fsp3) is 0.926. The molecular weight excluding hydrogens is 417 g/mol. The van der Waals surface area contributed by atoms with E-state index in [0.717, 1.165) is 19.3 Å². The quantitative estimate of drug-likeness (QED) is 0.0696. The van der Waals surface area contributed by atoms with Crippen LogP contribution in [0.15, 0.2) is 12.2 Å². The SMILES string of the molecule is CCCCCCCCCCCC=CCCCCCCCOP(=O)(O)C(CCC)[N+](C)(C)C. The lowest BCUT2D eigenvalue weighted by Gasteiger charge is -2.35. The molecule has 0 fully saturated rings. The van der Waals surface area contributed by atoms with E-state index in [2.05, 4.69) is 26.0 Å². The first-order valence-electron chi connectivity index (χ1n) is 13.7. The first-order valence-corrected chi connectivity index (χ1v) is 15.3. The van der Waals surface area contributed by atoms with E-state index in [4.69, 9.17) is 4.52 Å². The van der Waals surface area contributed by atoms with Crippen LogP contribution >= 0.6 is 7.60 Å². The average molecular weight is 475 g/mol. The molecule has 0 aromatic carbocycles. The molecule has 1 N–H and O–H groups in total. The summed E-state index contributed by atoms with van der Waals surface area (Å²) in [4.78, 5) is 10.4. The number of allylic oxidation sites excluding steroid dienone is 2. The van der Waals surface area contributed by atoms with E-state index in [1.165, 1.54) is 89.9 Å². The highest BCUT2D eigenvalue weighted by atomic mass is 31.2. The Kier molecular flexibility index (Phi) is 20.1. The summed E-state index contributed by atoms with van der Waals surface area (Å²) in [6.45, 7) is 4.72. The Morgan fingerprint density at radius 1 is 0.719 bits per heavy atom. The van der Waals surface area contributed by atoms with Gasteiger partial charge < -0.3 is 13.9 Å². The van der Waals surface area contributed by atoms with Crippen LogP contribution in [0.3, 0.4) is 0 Å². The number of quaternary nitrogens is 1. The maximum atomic E-state index is 12.6. The number of rotatable bonds is 23. The predicted octanol–water partition coefficient (Wildman–Crippen LogP) is 8.84. The molecule has 0 saturated heterocycles. The van der Waals surface area contributed by atoms with Gasteiger partial charge in [0.15, 0.2) is 5.78 Å². The molecule has 0 aromatic rings. The van der Waals surface area contributed by atoms with Crippen LogP contribution in [0.4, 0.5) is 0 Å². The van der Waals surface area contributed by atoms with Crippen molar-refractivity contribution in [1.82, 2.24) is 0 Å². The summed E-state index contributed by atoms with van der Waals surface area (Å²) >= 11 is 0. The molecule has 0 aliphatic heterocycles. The van der Waals surface area contributed by atoms with Crippen LogP contribution in [0.1, 0.15) is 129 Å². The molecule has 0 aliphatic carbocycles. The van der Waals surface area contributed by atoms with Crippen LogP contribution < -0.4 is 0 Å². The maximum Gasteiger partial charge on any atom is 0.385 e. The number of hydrogen-bond acceptors (Lipinski definition) is 2. The predicted molar refractivity (Wildman–Crippen MR) is 141 cm³/mol. The van der Waals surface area contributed by atoms with Gasteiger partial charge in [0.1, 0.15) is 0 Å². The van der Waals surface area contributed by atoms with Gasteiger partial charge in [0, 0.05) is 6.42 Å². The van der Waals surface area contributed by atoms with Crippen LogP contribution in [0.5, 0.6) is 0 Å². The molecule has 2 unspecified atom stereocenters. The van der Waals surface area contributed by atoms with Crippen LogP contribution in [0.2, 0.25) is 0 Å². The Labute approximate surface area is 201 Å². The second-order valence-corrected chi connectivity index (χ2v) is 12.4. The Morgan fingerprint density at radius 2 is 1.16 bits per heavy atom. The minimum atomic E-state index is -3.57. The largest absolute Gasteiger partial charge is 0.385 e. The Morgan fingerprint density at radius 3 is 1.59 bits per heavy atom. The molecule has 0 radical (unpaired) electrons. The summed E-state index contributed by atoms with van der Waals surface area (Å²) in [5.41, 5.74) is 0. The lowest BCUT2D eigenvalue weighted by Crippen LogP contribution is -2.45. The summed E-state index contributed by atoms with van der Waals surface area (Å²) in [6.07, 6.45) is 26.9. The van der Waals surface area contributed by atoms with E-state index >= 15 is 0 Å². The van der Waals surface area contributed by atoms with Gasteiger partial charge in [-0.2, -0.15) is 0 Å². The van der Waals surface area contributed by atoms with Gasteiger partial charge in [-0.25, -0.2) is 0 Å². The van der Waals surface area contributed by atoms with Crippen LogP contribution in [-0.2, 0) is 9.09 Å². The molecule has 0 aliphatic rings. The summed E-state index contributed by atoms with van der Waals surface area (Å²) in [6, 6.07) is 0. The Bertz CT molecular complexity index is 488. The Hall–Kier alpha value is -0.150. The Balaban J connectivity index is 3.56. The summed E-state index contributed by atoms with van der Waals surface area (Å²) in [7, 11) is 2.34. The average Bonchev–Trinajstić information content (AvgIpc) is 2.72. The standard InChI is InChI=1S/C27H56NO3P/c1-6-8-9-10-11-12-13-14-15-16-17-18-19-20-21-22-23-24-26-31-32(29,30)27(25-7-2)28(3,4)5/h17-18,27H,6-16,19-26H2,1-5H3/p+1. The van der Waals surface area contributed by atoms with E-state index in [1.54, 1.807) is 0 Å². The van der Waals surface area contributed by atoms with E-state index in [9.17, 15) is 9.46 Å². The first kappa shape index (κ1) is 31.9. The second kappa shape index (κ2) is 20.2. The molecule has 0 amide bonds. The molecule has 192 valence electrons. The molecule has 2 atom stereocenters. The third kappa shape index (κ3) is 18.3. The zero-order valence-electron chi connectivity index (χ0n) is 22.3. The zero-order valence-corrected chi connectivity index (χ0v) is 23.2. The third-order valence-electron chi connectivity index (χ3n) is 6.25. The minimum absolute atomic E-state index is 0.338. The van der Waals surface area contributed by atoms with Crippen molar-refractivity contribution >= 4 is 7.60 Å². The van der Waals surface area contributed by atoms with Gasteiger partial charge in [-0.05, 0) is 38.5 Å². The normalized spacial score (nSPS) is 15.3. The number of unbranched alkanes of at least 4 members (excludes halogenated alkanes) is 14. The second-order valence-electron chi connectivity index (χ2n) is 10.4. The van der Waals surface area contributed by atoms with Gasteiger partial charge in [0.05, 0.1) is 27.7 Å². The molecule has 0 aromatic heterocycles. The highest BCUT2D eigenvalue weighted by Crippen LogP contribution is 2.51. The molecule has 0 saturated carbocycles. The van der Waals surface area contributed by atoms with Crippen LogP contribution in [0, 0.1) is 0 Å². The van der Waals surface area contributed by atoms with Gasteiger partial charge in [0.2, 0.25) is 0 Å². The van der Waals surface area contributed by atoms with Crippen LogP contribution in [0.25, 0.3) is 0 Å². The summed E-state index contributed by atoms with van der Waals surface area (Å²) in [5.74, 6) is -0.338. The molecular formula is C27H57NO3P+. The van der Waals surface area contributed by atoms with E-state index in [0.29, 0.717) is 17.5 Å². The van der Waals surface area contributed by atoms with E-state index in [1.807, 2.05) is 21.1 Å². The fourth-order valence-electron chi connectivity index (χ4n) is 4.23. The fourth-order valence-corrected chi connectivity index (χ4v) is 6.25. The third-order valence-corrected chi connectivity index (χ3v) is 8.51. The molecule has 32 heavy (non-hydrogen) atoms. The van der Waals surface area contributed by atoms with Crippen molar-refractivity contribution in [2.24, 2.45) is 0 Å². The highest BCUT2D eigenvalue weighted by molar-refractivity contribution is 7.53. The van der Waals surface area contributed by atoms with Gasteiger partial charge >= 0.3 is 7.60 Å². The lowest BCUT2D eigenvalue weighted by molar-refractivity contribution is -0.883. The van der Waals surface area contributed by atoms with Crippen molar-refractivity contribution in [3.05, 3.63) is 12.2 Å². The summed E-state index contributed by atoms with van der Waals surface area (Å²) in [5, 5.41) is 0. The molecule has 0 spiro atoms. The van der Waals surface area contributed by atoms with Crippen molar-refractivity contribution in [3.63, 3.8) is 0 Å². The van der Waals surface area contributed by atoms with Gasteiger partial charge in [-0.1, -0.05) is 96.6 Å². The monoisotopic (exact) mass is 474 g/mol. The smallest absolute Gasteiger partial charge is 0.320 e. The summed E-state index contributed by atoms with van der Waals surface area (Å²) < 4.78 is 18.6. The zero-order chi connectivity index (χ0) is 24.1. The first-order chi connectivity index (χ1) is 15.3. The lowest BCUT2D eigenvalue weighted by atomic mass is 10.1. The number of nitrogens with zero attached hydrogens (tertiary/aromatic N) is 1. The molecule has 0 bridgehead atoms. The molecule has 0 rings (SSSR count). The van der Waals surface area contributed by atoms with Crippen molar-refractivity contribution < 1.29 is 18.5 Å². The topological polar surface area (TPSA) is 46.5 Å². The van der Waals surface area contributed by atoms with E-state index < -0.39 is 7.60 Å². The molecule has 5 heteroatoms. The van der Waals surface area contributed by atoms with Gasteiger partial charge in [-0.15, -0.1) is 0 Å². The van der Waals surface area contributed by atoms with Gasteiger partial charge in [-0.3, -0.25) is 4.57 Å². The van der Waals surface area contributed by atoms with Crippen LogP contribution in [-0.4, -0.2) is 42.9 Å². The van der Waals surface area contributed by atoms with Gasteiger partial charge in [0.25, 0.3) is 0 Å². The highest BCUT2D eigenvalue weighted by Gasteiger charge is 2.41. The molecule has 4 nitrogen and oxygen atoms in total. The minimum Gasteiger partial charge on any atom is -0.320 e. The maximum absolute atomic E-state index is 12.6. The van der Waals surface area contributed by atoms with Crippen molar-refractivity contribution in [2.75, 3.05) is 27.7 Å². The van der Waals surface area contributed by atoms with Crippen molar-refractivity contribution in [3.8, 4) is 0 Å². The van der Waals surface area contributed by atoms with Crippen molar-refractivity contribution in [2.45, 2.75) is 135 Å². The molecule has 0 heterocycles. The van der Waals surface area contributed by atoms with E-state index in [-0.39, 0.29) is 5.78 Å². The number of hydrogen-bond donors (Lipinski definition) is 1.